The molecule has 0 saturated heterocycles. The Balaban J connectivity index is 1.91. The third-order valence-corrected chi connectivity index (χ3v) is 3.41. The summed E-state index contributed by atoms with van der Waals surface area (Å²) in [6.07, 6.45) is 0. The second-order valence-electron chi connectivity index (χ2n) is 4.11. The van der Waals surface area contributed by atoms with Crippen molar-refractivity contribution < 1.29 is 18.3 Å². The summed E-state index contributed by atoms with van der Waals surface area (Å²) in [4.78, 5) is 0. The highest BCUT2D eigenvalue weighted by atomic mass is 32.2. The summed E-state index contributed by atoms with van der Waals surface area (Å²) in [6, 6.07) is 10.9. The molecule has 1 heterocycles. The number of alkyl halides is 2. The van der Waals surface area contributed by atoms with Gasteiger partial charge < -0.3 is 14.8 Å². The topological polar surface area (TPSA) is 45.4 Å². The lowest BCUT2D eigenvalue weighted by atomic mass is 10.2. The molecule has 1 aromatic carbocycles. The van der Waals surface area contributed by atoms with Crippen LogP contribution in [0.15, 0.2) is 40.8 Å². The molecule has 6 heteroatoms. The molecule has 0 radical (unpaired) electrons. The summed E-state index contributed by atoms with van der Waals surface area (Å²) >= 11 is 0.538. The Kier molecular flexibility index (Phi) is 5.43. The van der Waals surface area contributed by atoms with Crippen molar-refractivity contribution in [1.29, 1.82) is 0 Å². The summed E-state index contributed by atoms with van der Waals surface area (Å²) in [7, 11) is 0. The number of anilines is 1. The number of aliphatic hydroxyl groups excluding tert-OH is 1. The van der Waals surface area contributed by atoms with Gasteiger partial charge in [0.25, 0.3) is 5.76 Å². The standard InChI is InChI=1S/C14H15F2NO2S/c15-14(16)20-9-12-6-5-11(19-12)7-17-13-4-2-1-3-10(13)8-18/h1-6,14,17-18H,7-9H2. The van der Waals surface area contributed by atoms with E-state index in [1.165, 1.54) is 0 Å². The number of para-hydroxylation sites is 1. The van der Waals surface area contributed by atoms with Crippen LogP contribution in [-0.4, -0.2) is 10.9 Å². The van der Waals surface area contributed by atoms with Crippen molar-refractivity contribution in [3.8, 4) is 0 Å². The minimum atomic E-state index is -2.39. The van der Waals surface area contributed by atoms with E-state index in [-0.39, 0.29) is 12.4 Å². The molecule has 0 unspecified atom stereocenters. The fraction of sp³-hybridized carbons (Fsp3) is 0.286. The molecular formula is C14H15F2NO2S. The smallest absolute Gasteiger partial charge is 0.284 e. The molecule has 0 aliphatic rings. The van der Waals surface area contributed by atoms with Crippen LogP contribution in [0.5, 0.6) is 0 Å². The number of hydrogen-bond acceptors (Lipinski definition) is 4. The molecule has 0 aliphatic carbocycles. The molecule has 3 nitrogen and oxygen atoms in total. The minimum Gasteiger partial charge on any atom is -0.463 e. The van der Waals surface area contributed by atoms with Crippen LogP contribution in [0.1, 0.15) is 17.1 Å². The second-order valence-corrected chi connectivity index (χ2v) is 5.09. The largest absolute Gasteiger partial charge is 0.463 e. The number of furan rings is 1. The van der Waals surface area contributed by atoms with Gasteiger partial charge in [0, 0.05) is 11.3 Å². The van der Waals surface area contributed by atoms with Gasteiger partial charge in [0.2, 0.25) is 0 Å². The minimum absolute atomic E-state index is 0.0440. The zero-order valence-corrected chi connectivity index (χ0v) is 11.5. The van der Waals surface area contributed by atoms with E-state index in [0.717, 1.165) is 11.3 Å². The molecule has 0 atom stereocenters. The highest BCUT2D eigenvalue weighted by Crippen LogP contribution is 2.22. The predicted octanol–water partition coefficient (Wildman–Crippen LogP) is 3.84. The third kappa shape index (κ3) is 4.25. The van der Waals surface area contributed by atoms with Gasteiger partial charge >= 0.3 is 0 Å². The predicted molar refractivity (Wildman–Crippen MR) is 75.7 cm³/mol. The van der Waals surface area contributed by atoms with Gasteiger partial charge in [-0.2, -0.15) is 8.78 Å². The van der Waals surface area contributed by atoms with E-state index in [9.17, 15) is 13.9 Å². The van der Waals surface area contributed by atoms with Gasteiger partial charge in [-0.1, -0.05) is 30.0 Å². The summed E-state index contributed by atoms with van der Waals surface area (Å²) in [6.45, 7) is 0.397. The van der Waals surface area contributed by atoms with Gasteiger partial charge in [-0.05, 0) is 18.2 Å². The van der Waals surface area contributed by atoms with Crippen LogP contribution in [0.4, 0.5) is 14.5 Å². The van der Waals surface area contributed by atoms with Crippen LogP contribution < -0.4 is 5.32 Å². The molecular weight excluding hydrogens is 284 g/mol. The molecule has 108 valence electrons. The van der Waals surface area contributed by atoms with Crippen LogP contribution >= 0.6 is 11.8 Å². The molecule has 20 heavy (non-hydrogen) atoms. The third-order valence-electron chi connectivity index (χ3n) is 2.71. The van der Waals surface area contributed by atoms with Crippen molar-refractivity contribution >= 4 is 17.4 Å². The number of nitrogens with one attached hydrogen (secondary N) is 1. The molecule has 2 rings (SSSR count). The molecule has 0 aliphatic heterocycles. The van der Waals surface area contributed by atoms with Crippen molar-refractivity contribution in [1.82, 2.24) is 0 Å². The van der Waals surface area contributed by atoms with Crippen molar-refractivity contribution in [3.63, 3.8) is 0 Å². The van der Waals surface area contributed by atoms with Gasteiger partial charge in [0.15, 0.2) is 0 Å². The average Bonchev–Trinajstić information content (AvgIpc) is 2.91. The fourth-order valence-corrected chi connectivity index (χ4v) is 2.20. The lowest BCUT2D eigenvalue weighted by Crippen LogP contribution is -2.01. The lowest BCUT2D eigenvalue weighted by Gasteiger charge is -2.08. The molecule has 0 fully saturated rings. The number of hydrogen-bond donors (Lipinski definition) is 2. The molecule has 0 amide bonds. The Morgan fingerprint density at radius 3 is 2.65 bits per heavy atom. The summed E-state index contributed by atoms with van der Waals surface area (Å²) in [5.41, 5.74) is 1.63. The van der Waals surface area contributed by atoms with E-state index < -0.39 is 5.76 Å². The van der Waals surface area contributed by atoms with Crippen LogP contribution in [0, 0.1) is 0 Å². The van der Waals surface area contributed by atoms with E-state index in [1.54, 1.807) is 12.1 Å². The first-order valence-corrected chi connectivity index (χ1v) is 7.14. The molecule has 1 aromatic heterocycles. The maximum atomic E-state index is 12.1. The van der Waals surface area contributed by atoms with E-state index >= 15 is 0 Å². The van der Waals surface area contributed by atoms with Crippen LogP contribution in [0.2, 0.25) is 0 Å². The van der Waals surface area contributed by atoms with Gasteiger partial charge in [0.05, 0.1) is 18.9 Å². The molecule has 2 aromatic rings. The Hall–Kier alpha value is -1.53. The lowest BCUT2D eigenvalue weighted by molar-refractivity contribution is 0.251. The Morgan fingerprint density at radius 2 is 1.90 bits per heavy atom. The zero-order valence-electron chi connectivity index (χ0n) is 10.7. The van der Waals surface area contributed by atoms with Crippen molar-refractivity contribution in [2.24, 2.45) is 0 Å². The Morgan fingerprint density at radius 1 is 1.15 bits per heavy atom. The van der Waals surface area contributed by atoms with Crippen molar-refractivity contribution in [2.45, 2.75) is 24.7 Å². The first kappa shape index (κ1) is 14.9. The van der Waals surface area contributed by atoms with Gasteiger partial charge in [-0.3, -0.25) is 0 Å². The summed E-state index contributed by atoms with van der Waals surface area (Å²) < 4.78 is 29.6. The maximum absolute atomic E-state index is 12.1. The zero-order chi connectivity index (χ0) is 14.4. The van der Waals surface area contributed by atoms with Crippen LogP contribution in [0.3, 0.4) is 0 Å². The Labute approximate surface area is 120 Å². The molecule has 0 saturated carbocycles. The van der Waals surface area contributed by atoms with Crippen LogP contribution in [0.25, 0.3) is 0 Å². The van der Waals surface area contributed by atoms with Crippen molar-refractivity contribution in [3.05, 3.63) is 53.5 Å². The highest BCUT2D eigenvalue weighted by Gasteiger charge is 2.07. The van der Waals surface area contributed by atoms with E-state index in [2.05, 4.69) is 5.32 Å². The quantitative estimate of drug-likeness (QED) is 0.815. The van der Waals surface area contributed by atoms with E-state index in [1.807, 2.05) is 24.3 Å². The number of thioether (sulfide) groups is 1. The van der Waals surface area contributed by atoms with E-state index in [4.69, 9.17) is 4.42 Å². The highest BCUT2D eigenvalue weighted by molar-refractivity contribution is 7.98. The van der Waals surface area contributed by atoms with Gasteiger partial charge in [0.1, 0.15) is 11.5 Å². The SMILES string of the molecule is OCc1ccccc1NCc1ccc(CSC(F)F)o1. The van der Waals surface area contributed by atoms with Crippen LogP contribution in [-0.2, 0) is 18.9 Å². The molecule has 0 bridgehead atoms. The first-order chi connectivity index (χ1) is 9.69. The summed E-state index contributed by atoms with van der Waals surface area (Å²) in [5, 5.41) is 12.4. The maximum Gasteiger partial charge on any atom is 0.284 e. The number of rotatable bonds is 7. The first-order valence-electron chi connectivity index (χ1n) is 6.09. The normalized spacial score (nSPS) is 11.0. The van der Waals surface area contributed by atoms with E-state index in [0.29, 0.717) is 29.8 Å². The Bertz CT molecular complexity index is 545. The monoisotopic (exact) mass is 299 g/mol. The van der Waals surface area contributed by atoms with Gasteiger partial charge in [-0.15, -0.1) is 0 Å². The van der Waals surface area contributed by atoms with Crippen molar-refractivity contribution in [2.75, 3.05) is 5.32 Å². The number of halogens is 2. The number of benzene rings is 1. The fourth-order valence-electron chi connectivity index (χ4n) is 1.75. The molecule has 2 N–H and O–H groups in total. The second kappa shape index (κ2) is 7.31. The number of aliphatic hydroxyl groups is 1. The average molecular weight is 299 g/mol. The summed E-state index contributed by atoms with van der Waals surface area (Å²) in [5.74, 6) is -1.03. The van der Waals surface area contributed by atoms with Gasteiger partial charge in [-0.25, -0.2) is 0 Å². The molecule has 0 spiro atoms.